The molecule has 0 aliphatic heterocycles. The molecule has 0 atom stereocenters. The molecule has 2 aromatic rings. The van der Waals surface area contributed by atoms with E-state index in [1.54, 1.807) is 6.20 Å². The van der Waals surface area contributed by atoms with Crippen LogP contribution in [0.1, 0.15) is 46.6 Å². The zero-order chi connectivity index (χ0) is 18.0. The standard InChI is InChI=1S/C19H27N3O2/c1-18(2,3)24-17(23)22-19(4,5)11-10-13-14-8-6-7-9-16(14)21-12-15(13)20/h6-9,12H,10-11,20H2,1-5H3,(H,22,23). The summed E-state index contributed by atoms with van der Waals surface area (Å²) in [6.07, 6.45) is 2.79. The SMILES string of the molecule is CC(C)(CCc1c(N)cnc2ccccc12)NC(=O)OC(C)(C)C. The molecule has 0 spiro atoms. The van der Waals surface area contributed by atoms with Crippen LogP contribution in [0, 0.1) is 0 Å². The van der Waals surface area contributed by atoms with E-state index in [1.807, 2.05) is 58.9 Å². The molecule has 0 unspecified atom stereocenters. The molecule has 0 bridgehead atoms. The molecule has 1 amide bonds. The van der Waals surface area contributed by atoms with Crippen molar-refractivity contribution < 1.29 is 9.53 Å². The largest absolute Gasteiger partial charge is 0.444 e. The Kier molecular flexibility index (Phi) is 5.02. The number of amides is 1. The van der Waals surface area contributed by atoms with Crippen LogP contribution in [0.4, 0.5) is 10.5 Å². The monoisotopic (exact) mass is 329 g/mol. The molecule has 0 aliphatic carbocycles. The van der Waals surface area contributed by atoms with Crippen molar-refractivity contribution in [1.29, 1.82) is 0 Å². The Labute approximate surface area is 143 Å². The first kappa shape index (κ1) is 18.0. The zero-order valence-electron chi connectivity index (χ0n) is 15.1. The normalized spacial score (nSPS) is 12.2. The maximum Gasteiger partial charge on any atom is 0.408 e. The predicted octanol–water partition coefficient (Wildman–Crippen LogP) is 4.05. The van der Waals surface area contributed by atoms with Crippen LogP contribution >= 0.6 is 0 Å². The van der Waals surface area contributed by atoms with Gasteiger partial charge in [-0.15, -0.1) is 0 Å². The van der Waals surface area contributed by atoms with Gasteiger partial charge in [0.25, 0.3) is 0 Å². The van der Waals surface area contributed by atoms with Gasteiger partial charge in [0.05, 0.1) is 17.4 Å². The van der Waals surface area contributed by atoms with Crippen LogP contribution < -0.4 is 11.1 Å². The van der Waals surface area contributed by atoms with E-state index < -0.39 is 17.2 Å². The van der Waals surface area contributed by atoms with Crippen molar-refractivity contribution in [3.05, 3.63) is 36.0 Å². The highest BCUT2D eigenvalue weighted by Gasteiger charge is 2.25. The molecule has 5 nitrogen and oxygen atoms in total. The number of ether oxygens (including phenoxy) is 1. The number of nitrogens with zero attached hydrogens (tertiary/aromatic N) is 1. The van der Waals surface area contributed by atoms with Crippen molar-refractivity contribution in [2.24, 2.45) is 0 Å². The van der Waals surface area contributed by atoms with Gasteiger partial charge in [0.15, 0.2) is 0 Å². The van der Waals surface area contributed by atoms with E-state index in [9.17, 15) is 4.79 Å². The van der Waals surface area contributed by atoms with Gasteiger partial charge in [0.2, 0.25) is 0 Å². The average molecular weight is 329 g/mol. The number of rotatable bonds is 4. The summed E-state index contributed by atoms with van der Waals surface area (Å²) in [5.74, 6) is 0. The number of hydrogen-bond acceptors (Lipinski definition) is 4. The third-order valence-corrected chi connectivity index (χ3v) is 3.76. The van der Waals surface area contributed by atoms with Crippen LogP contribution in [0.3, 0.4) is 0 Å². The first-order valence-corrected chi connectivity index (χ1v) is 8.21. The summed E-state index contributed by atoms with van der Waals surface area (Å²) in [5, 5.41) is 3.99. The third kappa shape index (κ3) is 4.85. The molecule has 3 N–H and O–H groups in total. The second kappa shape index (κ2) is 6.67. The summed E-state index contributed by atoms with van der Waals surface area (Å²) >= 11 is 0. The Balaban J connectivity index is 2.10. The summed E-state index contributed by atoms with van der Waals surface area (Å²) in [7, 11) is 0. The molecule has 0 saturated carbocycles. The molecule has 0 radical (unpaired) electrons. The number of carbonyl (C=O) groups excluding carboxylic acids is 1. The molecule has 0 saturated heterocycles. The van der Waals surface area contributed by atoms with Gasteiger partial charge < -0.3 is 15.8 Å². The van der Waals surface area contributed by atoms with E-state index >= 15 is 0 Å². The smallest absolute Gasteiger partial charge is 0.408 e. The Morgan fingerprint density at radius 3 is 2.54 bits per heavy atom. The van der Waals surface area contributed by atoms with Gasteiger partial charge in [0, 0.05) is 10.9 Å². The van der Waals surface area contributed by atoms with Crippen molar-refractivity contribution in [1.82, 2.24) is 10.3 Å². The number of benzene rings is 1. The van der Waals surface area contributed by atoms with Crippen molar-refractivity contribution in [3.8, 4) is 0 Å². The number of aryl methyl sites for hydroxylation is 1. The number of nitrogens with one attached hydrogen (secondary N) is 1. The van der Waals surface area contributed by atoms with Gasteiger partial charge in [-0.3, -0.25) is 4.98 Å². The minimum Gasteiger partial charge on any atom is -0.444 e. The first-order valence-electron chi connectivity index (χ1n) is 8.21. The van der Waals surface area contributed by atoms with Crippen LogP contribution in [0.5, 0.6) is 0 Å². The maximum absolute atomic E-state index is 12.0. The number of aromatic nitrogens is 1. The highest BCUT2D eigenvalue weighted by Crippen LogP contribution is 2.25. The van der Waals surface area contributed by atoms with Gasteiger partial charge in [-0.05, 0) is 59.1 Å². The second-order valence-electron chi connectivity index (χ2n) is 7.72. The van der Waals surface area contributed by atoms with Crippen LogP contribution in [0.25, 0.3) is 10.9 Å². The van der Waals surface area contributed by atoms with Gasteiger partial charge in [-0.25, -0.2) is 4.79 Å². The zero-order valence-corrected chi connectivity index (χ0v) is 15.1. The number of para-hydroxylation sites is 1. The van der Waals surface area contributed by atoms with Crippen LogP contribution in [0.15, 0.2) is 30.5 Å². The highest BCUT2D eigenvalue weighted by atomic mass is 16.6. The van der Waals surface area contributed by atoms with E-state index in [0.717, 1.165) is 29.3 Å². The van der Waals surface area contributed by atoms with Crippen molar-refractivity contribution >= 4 is 22.7 Å². The number of carbonyl (C=O) groups is 1. The fourth-order valence-electron chi connectivity index (χ4n) is 2.57. The summed E-state index contributed by atoms with van der Waals surface area (Å²) < 4.78 is 5.33. The average Bonchev–Trinajstić information content (AvgIpc) is 2.43. The topological polar surface area (TPSA) is 77.2 Å². The maximum atomic E-state index is 12.0. The van der Waals surface area contributed by atoms with E-state index in [4.69, 9.17) is 10.5 Å². The third-order valence-electron chi connectivity index (χ3n) is 3.76. The van der Waals surface area contributed by atoms with E-state index in [1.165, 1.54) is 0 Å². The number of pyridine rings is 1. The first-order chi connectivity index (χ1) is 11.1. The summed E-state index contributed by atoms with van der Waals surface area (Å²) in [5.41, 5.74) is 7.90. The summed E-state index contributed by atoms with van der Waals surface area (Å²) in [6.45, 7) is 9.52. The second-order valence-corrected chi connectivity index (χ2v) is 7.72. The summed E-state index contributed by atoms with van der Waals surface area (Å²) in [6, 6.07) is 7.95. The van der Waals surface area contributed by atoms with Crippen molar-refractivity contribution in [3.63, 3.8) is 0 Å². The number of anilines is 1. The molecular weight excluding hydrogens is 302 g/mol. The molecule has 0 aliphatic rings. The van der Waals surface area contributed by atoms with Crippen LogP contribution in [0.2, 0.25) is 0 Å². The lowest BCUT2D eigenvalue weighted by atomic mass is 9.93. The minimum atomic E-state index is -0.508. The molecule has 24 heavy (non-hydrogen) atoms. The predicted molar refractivity (Wildman–Crippen MR) is 97.9 cm³/mol. The molecule has 0 fully saturated rings. The number of alkyl carbamates (subject to hydrolysis) is 1. The lowest BCUT2D eigenvalue weighted by molar-refractivity contribution is 0.0468. The molecule has 130 valence electrons. The minimum absolute atomic E-state index is 0.403. The van der Waals surface area contributed by atoms with Crippen molar-refractivity contribution in [2.75, 3.05) is 5.73 Å². The fourth-order valence-corrected chi connectivity index (χ4v) is 2.57. The molecule has 5 heteroatoms. The Hall–Kier alpha value is -2.30. The molecular formula is C19H27N3O2. The lowest BCUT2D eigenvalue weighted by Crippen LogP contribution is -2.46. The van der Waals surface area contributed by atoms with Gasteiger partial charge in [0.1, 0.15) is 5.60 Å². The molecule has 2 rings (SSSR count). The summed E-state index contributed by atoms with van der Waals surface area (Å²) in [4.78, 5) is 16.4. The van der Waals surface area contributed by atoms with Crippen LogP contribution in [-0.2, 0) is 11.2 Å². The Bertz CT molecular complexity index is 733. The van der Waals surface area contributed by atoms with E-state index in [-0.39, 0.29) is 0 Å². The van der Waals surface area contributed by atoms with E-state index in [0.29, 0.717) is 5.69 Å². The van der Waals surface area contributed by atoms with Crippen LogP contribution in [-0.4, -0.2) is 22.2 Å². The van der Waals surface area contributed by atoms with Gasteiger partial charge in [-0.2, -0.15) is 0 Å². The highest BCUT2D eigenvalue weighted by molar-refractivity contribution is 5.85. The molecule has 1 aromatic carbocycles. The Morgan fingerprint density at radius 2 is 1.88 bits per heavy atom. The van der Waals surface area contributed by atoms with Gasteiger partial charge >= 0.3 is 6.09 Å². The molecule has 1 heterocycles. The van der Waals surface area contributed by atoms with Gasteiger partial charge in [-0.1, -0.05) is 18.2 Å². The number of nitrogen functional groups attached to an aromatic ring is 1. The van der Waals surface area contributed by atoms with E-state index in [2.05, 4.69) is 10.3 Å². The lowest BCUT2D eigenvalue weighted by Gasteiger charge is -2.29. The quantitative estimate of drug-likeness (QED) is 0.887. The number of hydrogen-bond donors (Lipinski definition) is 2. The van der Waals surface area contributed by atoms with Crippen molar-refractivity contribution in [2.45, 2.75) is 58.6 Å². The Morgan fingerprint density at radius 1 is 1.21 bits per heavy atom. The number of fused-ring (bicyclic) bond motifs is 1. The number of nitrogens with two attached hydrogens (primary N) is 1. The molecule has 1 aromatic heterocycles. The fraction of sp³-hybridized carbons (Fsp3) is 0.474.